The molecule has 3 aromatic carbocycles. The van der Waals surface area contributed by atoms with Gasteiger partial charge < -0.3 is 5.32 Å². The normalized spacial score (nSPS) is 10.3. The molecule has 0 saturated carbocycles. The Morgan fingerprint density at radius 3 is 2.08 bits per heavy atom. The predicted octanol–water partition coefficient (Wildman–Crippen LogP) is 5.69. The maximum Gasteiger partial charge on any atom is 0.256 e. The Hall–Kier alpha value is -2.24. The van der Waals surface area contributed by atoms with Crippen LogP contribution in [0.25, 0.3) is 0 Å². The van der Waals surface area contributed by atoms with E-state index in [2.05, 4.69) is 37.2 Å². The molecule has 0 saturated heterocycles. The number of amides is 1. The number of benzene rings is 3. The molecule has 0 spiro atoms. The molecule has 3 rings (SSSR count). The van der Waals surface area contributed by atoms with Crippen molar-refractivity contribution in [3.05, 3.63) is 98.4 Å². The standard InChI is InChI=1S/C20H13Br2NO2/c21-15-8-11-18(22)17(12-15)20(25)23-16-9-6-14(7-10-16)19(24)13-4-2-1-3-5-13/h1-12H,(H,23,25). The van der Waals surface area contributed by atoms with Gasteiger partial charge in [0.2, 0.25) is 0 Å². The van der Waals surface area contributed by atoms with Crippen LogP contribution in [0.15, 0.2) is 81.7 Å². The number of halogens is 2. The van der Waals surface area contributed by atoms with Gasteiger partial charge in [-0.25, -0.2) is 0 Å². The molecule has 0 unspecified atom stereocenters. The predicted molar refractivity (Wildman–Crippen MR) is 106 cm³/mol. The van der Waals surface area contributed by atoms with E-state index >= 15 is 0 Å². The topological polar surface area (TPSA) is 46.2 Å². The Labute approximate surface area is 162 Å². The number of carbonyl (C=O) groups is 2. The van der Waals surface area contributed by atoms with Gasteiger partial charge in [-0.05, 0) is 58.4 Å². The molecule has 0 radical (unpaired) electrons. The number of ketones is 1. The van der Waals surface area contributed by atoms with Crippen LogP contribution in [-0.2, 0) is 0 Å². The van der Waals surface area contributed by atoms with Crippen LogP contribution in [0.1, 0.15) is 26.3 Å². The van der Waals surface area contributed by atoms with Crippen molar-refractivity contribution in [3.8, 4) is 0 Å². The lowest BCUT2D eigenvalue weighted by molar-refractivity contribution is 0.102. The van der Waals surface area contributed by atoms with Crippen LogP contribution in [0.2, 0.25) is 0 Å². The van der Waals surface area contributed by atoms with Crippen LogP contribution in [0, 0.1) is 0 Å². The van der Waals surface area contributed by atoms with Gasteiger partial charge in [0.25, 0.3) is 5.91 Å². The van der Waals surface area contributed by atoms with Crippen LogP contribution in [0.4, 0.5) is 5.69 Å². The van der Waals surface area contributed by atoms with Gasteiger partial charge >= 0.3 is 0 Å². The van der Waals surface area contributed by atoms with Crippen molar-refractivity contribution in [1.29, 1.82) is 0 Å². The van der Waals surface area contributed by atoms with Crippen LogP contribution < -0.4 is 5.32 Å². The van der Waals surface area contributed by atoms with E-state index in [-0.39, 0.29) is 11.7 Å². The van der Waals surface area contributed by atoms with Crippen LogP contribution in [0.3, 0.4) is 0 Å². The maximum absolute atomic E-state index is 12.4. The minimum atomic E-state index is -0.227. The smallest absolute Gasteiger partial charge is 0.256 e. The molecule has 124 valence electrons. The van der Waals surface area contributed by atoms with E-state index in [1.165, 1.54) is 0 Å². The van der Waals surface area contributed by atoms with Crippen molar-refractivity contribution >= 4 is 49.2 Å². The maximum atomic E-state index is 12.4. The minimum absolute atomic E-state index is 0.0480. The average molecular weight is 459 g/mol. The highest BCUT2D eigenvalue weighted by Gasteiger charge is 2.12. The van der Waals surface area contributed by atoms with Crippen LogP contribution in [-0.4, -0.2) is 11.7 Å². The molecule has 3 aromatic rings. The molecule has 0 aliphatic rings. The minimum Gasteiger partial charge on any atom is -0.322 e. The van der Waals surface area contributed by atoms with Gasteiger partial charge in [-0.2, -0.15) is 0 Å². The number of nitrogens with one attached hydrogen (secondary N) is 1. The number of hydrogen-bond acceptors (Lipinski definition) is 2. The monoisotopic (exact) mass is 457 g/mol. The first-order chi connectivity index (χ1) is 12.0. The van der Waals surface area contributed by atoms with Crippen molar-refractivity contribution in [1.82, 2.24) is 0 Å². The van der Waals surface area contributed by atoms with Gasteiger partial charge in [0.1, 0.15) is 0 Å². The summed E-state index contributed by atoms with van der Waals surface area (Å²) in [6, 6.07) is 21.4. The number of carbonyl (C=O) groups excluding carboxylic acids is 2. The van der Waals surface area contributed by atoms with E-state index in [4.69, 9.17) is 0 Å². The summed E-state index contributed by atoms with van der Waals surface area (Å²) in [6.45, 7) is 0. The Morgan fingerprint density at radius 1 is 0.760 bits per heavy atom. The summed E-state index contributed by atoms with van der Waals surface area (Å²) < 4.78 is 1.54. The number of anilines is 1. The van der Waals surface area contributed by atoms with E-state index < -0.39 is 0 Å². The van der Waals surface area contributed by atoms with Gasteiger partial charge in [0, 0.05) is 25.8 Å². The molecule has 3 nitrogen and oxygen atoms in total. The first-order valence-corrected chi connectivity index (χ1v) is 9.09. The largest absolute Gasteiger partial charge is 0.322 e. The van der Waals surface area contributed by atoms with Gasteiger partial charge in [-0.15, -0.1) is 0 Å². The first kappa shape index (κ1) is 17.6. The molecular formula is C20H13Br2NO2. The first-order valence-electron chi connectivity index (χ1n) is 7.51. The van der Waals surface area contributed by atoms with Crippen molar-refractivity contribution < 1.29 is 9.59 Å². The Bertz CT molecular complexity index is 922. The van der Waals surface area contributed by atoms with Crippen molar-refractivity contribution in [2.24, 2.45) is 0 Å². The summed E-state index contributed by atoms with van der Waals surface area (Å²) in [5, 5.41) is 2.83. The summed E-state index contributed by atoms with van der Waals surface area (Å²) in [7, 11) is 0. The summed E-state index contributed by atoms with van der Waals surface area (Å²) in [6.07, 6.45) is 0. The van der Waals surface area contributed by atoms with E-state index in [1.54, 1.807) is 48.5 Å². The Balaban J connectivity index is 1.76. The highest BCUT2D eigenvalue weighted by Crippen LogP contribution is 2.23. The molecule has 1 N–H and O–H groups in total. The highest BCUT2D eigenvalue weighted by molar-refractivity contribution is 9.11. The van der Waals surface area contributed by atoms with E-state index in [0.29, 0.717) is 26.9 Å². The number of rotatable bonds is 4. The number of hydrogen-bond donors (Lipinski definition) is 1. The molecular weight excluding hydrogens is 446 g/mol. The van der Waals surface area contributed by atoms with Crippen molar-refractivity contribution in [2.75, 3.05) is 5.32 Å². The van der Waals surface area contributed by atoms with E-state index in [0.717, 1.165) is 4.47 Å². The lowest BCUT2D eigenvalue weighted by Crippen LogP contribution is -2.12. The fourth-order valence-electron chi connectivity index (χ4n) is 2.33. The fraction of sp³-hybridized carbons (Fsp3) is 0. The van der Waals surface area contributed by atoms with Gasteiger partial charge in [-0.3, -0.25) is 9.59 Å². The fourth-order valence-corrected chi connectivity index (χ4v) is 3.12. The summed E-state index contributed by atoms with van der Waals surface area (Å²) >= 11 is 6.73. The average Bonchev–Trinajstić information content (AvgIpc) is 2.64. The third-order valence-electron chi connectivity index (χ3n) is 3.61. The zero-order valence-corrected chi connectivity index (χ0v) is 16.2. The second kappa shape index (κ2) is 7.76. The molecule has 0 bridgehead atoms. The third kappa shape index (κ3) is 4.24. The molecule has 0 aliphatic heterocycles. The third-order valence-corrected chi connectivity index (χ3v) is 4.80. The summed E-state index contributed by atoms with van der Waals surface area (Å²) in [5.74, 6) is -0.275. The zero-order chi connectivity index (χ0) is 17.8. The molecule has 0 fully saturated rings. The second-order valence-corrected chi connectivity index (χ2v) is 7.12. The molecule has 1 amide bonds. The SMILES string of the molecule is O=C(c1ccccc1)c1ccc(NC(=O)c2cc(Br)ccc2Br)cc1. The lowest BCUT2D eigenvalue weighted by atomic mass is 10.0. The highest BCUT2D eigenvalue weighted by atomic mass is 79.9. The molecule has 0 aliphatic carbocycles. The van der Waals surface area contributed by atoms with Gasteiger partial charge in [0.15, 0.2) is 5.78 Å². The van der Waals surface area contributed by atoms with Crippen LogP contribution >= 0.6 is 31.9 Å². The van der Waals surface area contributed by atoms with Gasteiger partial charge in [-0.1, -0.05) is 46.3 Å². The van der Waals surface area contributed by atoms with Crippen LogP contribution in [0.5, 0.6) is 0 Å². The Morgan fingerprint density at radius 2 is 1.40 bits per heavy atom. The van der Waals surface area contributed by atoms with Gasteiger partial charge in [0.05, 0.1) is 5.56 Å². The second-order valence-electron chi connectivity index (χ2n) is 5.35. The molecule has 0 atom stereocenters. The molecule has 25 heavy (non-hydrogen) atoms. The summed E-state index contributed by atoms with van der Waals surface area (Å²) in [4.78, 5) is 24.8. The Kier molecular flexibility index (Phi) is 5.46. The van der Waals surface area contributed by atoms with Crippen molar-refractivity contribution in [2.45, 2.75) is 0 Å². The summed E-state index contributed by atoms with van der Waals surface area (Å²) in [5.41, 5.74) is 2.37. The van der Waals surface area contributed by atoms with Crippen molar-refractivity contribution in [3.63, 3.8) is 0 Å². The molecule has 0 heterocycles. The molecule has 0 aromatic heterocycles. The quantitative estimate of drug-likeness (QED) is 0.510. The van der Waals surface area contributed by atoms with E-state index in [1.807, 2.05) is 24.3 Å². The zero-order valence-electron chi connectivity index (χ0n) is 13.0. The molecule has 5 heteroatoms. The lowest BCUT2D eigenvalue weighted by Gasteiger charge is -2.08. The van der Waals surface area contributed by atoms with E-state index in [9.17, 15) is 9.59 Å².